The number of rotatable bonds is 3. The topological polar surface area (TPSA) is 38.8 Å². The van der Waals surface area contributed by atoms with Crippen LogP contribution < -0.4 is 9.47 Å². The third-order valence-electron chi connectivity index (χ3n) is 5.34. The molecule has 1 amide bonds. The number of piperidine rings is 1. The number of nitrogens with zero attached hydrogens (tertiary/aromatic N) is 1. The third-order valence-corrected chi connectivity index (χ3v) is 5.34. The number of hydrogen-bond acceptors (Lipinski definition) is 3. The van der Waals surface area contributed by atoms with Crippen molar-refractivity contribution in [2.24, 2.45) is 0 Å². The fourth-order valence-electron chi connectivity index (χ4n) is 3.76. The summed E-state index contributed by atoms with van der Waals surface area (Å²) < 4.78 is 10.9. The van der Waals surface area contributed by atoms with E-state index in [-0.39, 0.29) is 11.8 Å². The zero-order valence-corrected chi connectivity index (χ0v) is 14.5. The summed E-state index contributed by atoms with van der Waals surface area (Å²) in [5.74, 6) is 2.30. The smallest absolute Gasteiger partial charge is 0.231 e. The van der Waals surface area contributed by atoms with Gasteiger partial charge in [-0.1, -0.05) is 36.4 Å². The van der Waals surface area contributed by atoms with Crippen molar-refractivity contribution in [1.29, 1.82) is 0 Å². The van der Waals surface area contributed by atoms with Gasteiger partial charge < -0.3 is 14.4 Å². The van der Waals surface area contributed by atoms with Crippen LogP contribution in [0.15, 0.2) is 48.5 Å². The summed E-state index contributed by atoms with van der Waals surface area (Å²) in [5, 5.41) is 0. The van der Waals surface area contributed by atoms with E-state index in [2.05, 4.69) is 12.1 Å². The molecule has 25 heavy (non-hydrogen) atoms. The van der Waals surface area contributed by atoms with Crippen LogP contribution in [0.2, 0.25) is 0 Å². The van der Waals surface area contributed by atoms with E-state index < -0.39 is 0 Å². The molecule has 2 heterocycles. The molecule has 2 aromatic rings. The highest BCUT2D eigenvalue weighted by atomic mass is 16.7. The van der Waals surface area contributed by atoms with Gasteiger partial charge in [0.25, 0.3) is 0 Å². The lowest BCUT2D eigenvalue weighted by atomic mass is 9.88. The zero-order valence-electron chi connectivity index (χ0n) is 14.5. The van der Waals surface area contributed by atoms with E-state index in [0.29, 0.717) is 12.7 Å². The second-order valence-corrected chi connectivity index (χ2v) is 6.84. The second kappa shape index (κ2) is 6.79. The van der Waals surface area contributed by atoms with E-state index in [9.17, 15) is 4.79 Å². The van der Waals surface area contributed by atoms with Crippen molar-refractivity contribution in [1.82, 2.24) is 4.90 Å². The Morgan fingerprint density at radius 3 is 2.52 bits per heavy atom. The minimum absolute atomic E-state index is 0.0803. The first-order chi connectivity index (χ1) is 12.2. The fourth-order valence-corrected chi connectivity index (χ4v) is 3.76. The van der Waals surface area contributed by atoms with Crippen molar-refractivity contribution in [3.05, 3.63) is 59.7 Å². The van der Waals surface area contributed by atoms with Crippen LogP contribution in [0.5, 0.6) is 11.5 Å². The van der Waals surface area contributed by atoms with Gasteiger partial charge in [-0.3, -0.25) is 4.79 Å². The first kappa shape index (κ1) is 16.0. The molecule has 2 aromatic carbocycles. The van der Waals surface area contributed by atoms with Crippen molar-refractivity contribution in [3.63, 3.8) is 0 Å². The van der Waals surface area contributed by atoms with Crippen LogP contribution in [0.4, 0.5) is 0 Å². The van der Waals surface area contributed by atoms with Gasteiger partial charge in [0.1, 0.15) is 0 Å². The molecule has 4 nitrogen and oxygen atoms in total. The molecule has 0 N–H and O–H groups in total. The van der Waals surface area contributed by atoms with Gasteiger partial charge in [0, 0.05) is 13.1 Å². The third kappa shape index (κ3) is 3.21. The molecule has 0 radical (unpaired) electrons. The van der Waals surface area contributed by atoms with Gasteiger partial charge >= 0.3 is 0 Å². The summed E-state index contributed by atoms with van der Waals surface area (Å²) in [4.78, 5) is 14.8. The highest BCUT2D eigenvalue weighted by Gasteiger charge is 2.28. The molecular formula is C21H23NO3. The molecular weight excluding hydrogens is 314 g/mol. The molecule has 1 fully saturated rings. The maximum absolute atomic E-state index is 12.8. The maximum Gasteiger partial charge on any atom is 0.231 e. The number of ether oxygens (including phenoxy) is 2. The molecule has 0 saturated carbocycles. The molecule has 2 aliphatic heterocycles. The van der Waals surface area contributed by atoms with E-state index in [1.807, 2.05) is 48.2 Å². The average Bonchev–Trinajstić information content (AvgIpc) is 3.15. The highest BCUT2D eigenvalue weighted by Crippen LogP contribution is 2.37. The Balaban J connectivity index is 1.39. The van der Waals surface area contributed by atoms with Crippen LogP contribution >= 0.6 is 0 Å². The van der Waals surface area contributed by atoms with E-state index in [4.69, 9.17) is 9.47 Å². The van der Waals surface area contributed by atoms with Gasteiger partial charge in [0.2, 0.25) is 12.7 Å². The zero-order chi connectivity index (χ0) is 17.2. The molecule has 130 valence electrons. The molecule has 4 rings (SSSR count). The first-order valence-corrected chi connectivity index (χ1v) is 8.95. The van der Waals surface area contributed by atoms with Crippen molar-refractivity contribution >= 4 is 5.91 Å². The lowest BCUT2D eigenvalue weighted by molar-refractivity contribution is -0.133. The van der Waals surface area contributed by atoms with Gasteiger partial charge in [-0.15, -0.1) is 0 Å². The van der Waals surface area contributed by atoms with Crippen LogP contribution in [-0.2, 0) is 4.79 Å². The number of carbonyl (C=O) groups is 1. The molecule has 0 spiro atoms. The van der Waals surface area contributed by atoms with Crippen LogP contribution in [0.25, 0.3) is 0 Å². The van der Waals surface area contributed by atoms with Crippen LogP contribution in [0.3, 0.4) is 0 Å². The maximum atomic E-state index is 12.8. The van der Waals surface area contributed by atoms with Crippen LogP contribution in [0, 0.1) is 0 Å². The van der Waals surface area contributed by atoms with E-state index in [1.54, 1.807) is 0 Å². The number of amides is 1. The summed E-state index contributed by atoms with van der Waals surface area (Å²) in [6, 6.07) is 16.2. The summed E-state index contributed by atoms with van der Waals surface area (Å²) >= 11 is 0. The predicted octanol–water partition coefficient (Wildman–Crippen LogP) is 3.93. The second-order valence-electron chi connectivity index (χ2n) is 6.84. The highest BCUT2D eigenvalue weighted by molar-refractivity contribution is 5.83. The average molecular weight is 337 g/mol. The molecule has 1 saturated heterocycles. The molecule has 4 heteroatoms. The molecule has 1 atom stereocenters. The quantitative estimate of drug-likeness (QED) is 0.852. The number of hydrogen-bond donors (Lipinski definition) is 0. The summed E-state index contributed by atoms with van der Waals surface area (Å²) in [7, 11) is 0. The standard InChI is InChI=1S/C21H23NO3/c1-15(16-5-3-2-4-6-16)21(23)22-11-9-17(10-12-22)18-7-8-19-20(13-18)25-14-24-19/h2-8,13,15,17H,9-12,14H2,1H3/t15-/m1/s1. The Labute approximate surface area is 148 Å². The molecule has 0 aromatic heterocycles. The Bertz CT molecular complexity index is 751. The number of carbonyl (C=O) groups excluding carboxylic acids is 1. The van der Waals surface area contributed by atoms with E-state index >= 15 is 0 Å². The Morgan fingerprint density at radius 1 is 1.04 bits per heavy atom. The van der Waals surface area contributed by atoms with Crippen molar-refractivity contribution in [3.8, 4) is 11.5 Å². The minimum atomic E-state index is -0.0803. The lowest BCUT2D eigenvalue weighted by Gasteiger charge is -2.34. The molecule has 0 aliphatic carbocycles. The van der Waals surface area contributed by atoms with Crippen LogP contribution in [0.1, 0.15) is 42.7 Å². The largest absolute Gasteiger partial charge is 0.454 e. The van der Waals surface area contributed by atoms with Gasteiger partial charge in [0.05, 0.1) is 5.92 Å². The Kier molecular flexibility index (Phi) is 4.35. The Morgan fingerprint density at radius 2 is 1.76 bits per heavy atom. The van der Waals surface area contributed by atoms with Gasteiger partial charge in [0.15, 0.2) is 11.5 Å². The molecule has 0 bridgehead atoms. The van der Waals surface area contributed by atoms with E-state index in [0.717, 1.165) is 43.0 Å². The molecule has 0 unspecified atom stereocenters. The van der Waals surface area contributed by atoms with Crippen molar-refractivity contribution in [2.75, 3.05) is 19.9 Å². The lowest BCUT2D eigenvalue weighted by Crippen LogP contribution is -2.40. The van der Waals surface area contributed by atoms with Gasteiger partial charge in [-0.2, -0.15) is 0 Å². The number of likely N-dealkylation sites (tertiary alicyclic amines) is 1. The van der Waals surface area contributed by atoms with Crippen molar-refractivity contribution in [2.45, 2.75) is 31.6 Å². The summed E-state index contributed by atoms with van der Waals surface area (Å²) in [5.41, 5.74) is 2.37. The summed E-state index contributed by atoms with van der Waals surface area (Å²) in [6.45, 7) is 3.94. The molecule has 2 aliphatic rings. The number of fused-ring (bicyclic) bond motifs is 1. The summed E-state index contributed by atoms with van der Waals surface area (Å²) in [6.07, 6.45) is 1.99. The fraction of sp³-hybridized carbons (Fsp3) is 0.381. The number of benzene rings is 2. The Hall–Kier alpha value is -2.49. The normalized spacial score (nSPS) is 18.2. The predicted molar refractivity (Wildman–Crippen MR) is 96.0 cm³/mol. The van der Waals surface area contributed by atoms with Crippen molar-refractivity contribution < 1.29 is 14.3 Å². The van der Waals surface area contributed by atoms with Gasteiger partial charge in [-0.25, -0.2) is 0 Å². The van der Waals surface area contributed by atoms with Gasteiger partial charge in [-0.05, 0) is 48.9 Å². The minimum Gasteiger partial charge on any atom is -0.454 e. The SMILES string of the molecule is C[C@@H](C(=O)N1CCC(c2ccc3c(c2)OCO3)CC1)c1ccccc1. The van der Waals surface area contributed by atoms with E-state index in [1.165, 1.54) is 5.56 Å². The van der Waals surface area contributed by atoms with Crippen LogP contribution in [-0.4, -0.2) is 30.7 Å². The monoisotopic (exact) mass is 337 g/mol. The first-order valence-electron chi connectivity index (χ1n) is 8.95.